The summed E-state index contributed by atoms with van der Waals surface area (Å²) in [6.45, 7) is 5.28. The molecule has 28 heavy (non-hydrogen) atoms. The van der Waals surface area contributed by atoms with Gasteiger partial charge in [-0.3, -0.25) is 4.79 Å². The minimum atomic E-state index is -0.355. The van der Waals surface area contributed by atoms with Crippen molar-refractivity contribution in [1.29, 1.82) is 0 Å². The highest BCUT2D eigenvalue weighted by atomic mass is 35.5. The van der Waals surface area contributed by atoms with Crippen LogP contribution in [0.5, 0.6) is 5.75 Å². The van der Waals surface area contributed by atoms with Crippen LogP contribution in [0.2, 0.25) is 5.02 Å². The quantitative estimate of drug-likeness (QED) is 0.626. The van der Waals surface area contributed by atoms with Gasteiger partial charge in [-0.1, -0.05) is 16.8 Å². The molecule has 3 rings (SSSR count). The highest BCUT2D eigenvalue weighted by molar-refractivity contribution is 6.31. The molecule has 10 heteroatoms. The van der Waals surface area contributed by atoms with Crippen molar-refractivity contribution in [2.24, 2.45) is 0 Å². The lowest BCUT2D eigenvalue weighted by Gasteiger charge is -2.22. The predicted octanol–water partition coefficient (Wildman–Crippen LogP) is 2.95. The fraction of sp³-hybridized carbons (Fsp3) is 0.500. The second kappa shape index (κ2) is 11.2. The van der Waals surface area contributed by atoms with Crippen LogP contribution in [0.25, 0.3) is 0 Å². The van der Waals surface area contributed by atoms with Crippen molar-refractivity contribution >= 4 is 35.6 Å². The molecule has 1 aliphatic heterocycles. The van der Waals surface area contributed by atoms with Crippen molar-refractivity contribution in [3.63, 3.8) is 0 Å². The molecule has 2 N–H and O–H groups in total. The Morgan fingerprint density at radius 1 is 1.36 bits per heavy atom. The lowest BCUT2D eigenvalue weighted by atomic mass is 10.1. The zero-order chi connectivity index (χ0) is 19.1. The number of amides is 1. The Kier molecular flexibility index (Phi) is 8.98. The molecule has 1 saturated heterocycles. The minimum Gasteiger partial charge on any atom is -0.489 e. The summed E-state index contributed by atoms with van der Waals surface area (Å²) >= 11 is 6.07. The van der Waals surface area contributed by atoms with Gasteiger partial charge in [0.15, 0.2) is 5.69 Å². The van der Waals surface area contributed by atoms with Gasteiger partial charge in [0, 0.05) is 11.6 Å². The summed E-state index contributed by atoms with van der Waals surface area (Å²) in [6, 6.07) is 5.34. The van der Waals surface area contributed by atoms with Gasteiger partial charge in [0.05, 0.1) is 24.5 Å². The second-order valence-electron chi connectivity index (χ2n) is 6.20. The number of anilines is 1. The number of nitrogens with one attached hydrogen (secondary N) is 2. The summed E-state index contributed by atoms with van der Waals surface area (Å²) in [5.74, 6) is 0.172. The first-order valence-electron chi connectivity index (χ1n) is 9.11. The van der Waals surface area contributed by atoms with Gasteiger partial charge in [0.1, 0.15) is 12.4 Å². The van der Waals surface area contributed by atoms with Crippen LogP contribution in [0, 0.1) is 0 Å². The first-order valence-corrected chi connectivity index (χ1v) is 9.49. The standard InChI is InChI=1S/C18H24ClN5O3.ClH/c1-2-26-9-10-27-17-4-3-13(19)11-15(17)21-18(25)16-12-24(23-22-16)14-5-7-20-8-6-14;/h3-4,11-12,14,20H,2,5-10H2,1H3,(H,21,25);1H. The average molecular weight is 430 g/mol. The van der Waals surface area contributed by atoms with Crippen molar-refractivity contribution in [2.75, 3.05) is 38.2 Å². The maximum Gasteiger partial charge on any atom is 0.277 e. The monoisotopic (exact) mass is 429 g/mol. The normalized spacial score (nSPS) is 14.4. The highest BCUT2D eigenvalue weighted by Gasteiger charge is 2.19. The van der Waals surface area contributed by atoms with Gasteiger partial charge < -0.3 is 20.1 Å². The molecule has 1 amide bonds. The number of nitrogens with zero attached hydrogens (tertiary/aromatic N) is 3. The van der Waals surface area contributed by atoms with E-state index in [9.17, 15) is 4.79 Å². The molecule has 8 nitrogen and oxygen atoms in total. The summed E-state index contributed by atoms with van der Waals surface area (Å²) in [4.78, 5) is 12.6. The molecule has 154 valence electrons. The number of rotatable bonds is 8. The van der Waals surface area contributed by atoms with Gasteiger partial charge in [-0.05, 0) is 51.1 Å². The summed E-state index contributed by atoms with van der Waals surface area (Å²) in [5, 5.41) is 14.7. The van der Waals surface area contributed by atoms with Gasteiger partial charge in [-0.15, -0.1) is 17.5 Å². The van der Waals surface area contributed by atoms with Crippen LogP contribution in [-0.4, -0.2) is 53.8 Å². The van der Waals surface area contributed by atoms with Crippen molar-refractivity contribution < 1.29 is 14.3 Å². The van der Waals surface area contributed by atoms with Crippen LogP contribution in [0.4, 0.5) is 5.69 Å². The van der Waals surface area contributed by atoms with Crippen molar-refractivity contribution in [3.05, 3.63) is 35.1 Å². The maximum atomic E-state index is 12.6. The number of piperidine rings is 1. The molecule has 0 atom stereocenters. The molecule has 0 bridgehead atoms. The first-order chi connectivity index (χ1) is 13.2. The molecule has 2 aromatic rings. The Bertz CT molecular complexity index is 765. The number of carbonyl (C=O) groups is 1. The predicted molar refractivity (Wildman–Crippen MR) is 110 cm³/mol. The van der Waals surface area contributed by atoms with Gasteiger partial charge >= 0.3 is 0 Å². The lowest BCUT2D eigenvalue weighted by Crippen LogP contribution is -2.29. The van der Waals surface area contributed by atoms with Crippen molar-refractivity contribution in [1.82, 2.24) is 20.3 Å². The zero-order valence-corrected chi connectivity index (χ0v) is 17.3. The van der Waals surface area contributed by atoms with E-state index in [1.165, 1.54) is 0 Å². The third-order valence-corrected chi connectivity index (χ3v) is 4.54. The summed E-state index contributed by atoms with van der Waals surface area (Å²) < 4.78 is 12.7. The molecule has 1 fully saturated rings. The first kappa shape index (κ1) is 22.4. The topological polar surface area (TPSA) is 90.3 Å². The lowest BCUT2D eigenvalue weighted by molar-refractivity contribution is 0.101. The summed E-state index contributed by atoms with van der Waals surface area (Å²) in [7, 11) is 0. The molecule has 2 heterocycles. The van der Waals surface area contributed by atoms with E-state index in [0.29, 0.717) is 36.3 Å². The number of hydrogen-bond acceptors (Lipinski definition) is 6. The molecule has 1 aliphatic rings. The van der Waals surface area contributed by atoms with Gasteiger partial charge in [0.25, 0.3) is 5.91 Å². The Morgan fingerprint density at radius 3 is 2.89 bits per heavy atom. The fourth-order valence-corrected chi connectivity index (χ4v) is 3.07. The van der Waals surface area contributed by atoms with Crippen LogP contribution in [0.3, 0.4) is 0 Å². The van der Waals surface area contributed by atoms with Crippen LogP contribution < -0.4 is 15.4 Å². The Labute approximate surface area is 175 Å². The molecule has 1 aromatic heterocycles. The van der Waals surface area contributed by atoms with E-state index >= 15 is 0 Å². The number of ether oxygens (including phenoxy) is 2. The molecule has 1 aromatic carbocycles. The van der Waals surface area contributed by atoms with Crippen molar-refractivity contribution in [3.8, 4) is 5.75 Å². The van der Waals surface area contributed by atoms with Crippen LogP contribution in [0.1, 0.15) is 36.3 Å². The average Bonchev–Trinajstić information content (AvgIpc) is 3.18. The van der Waals surface area contributed by atoms with Crippen LogP contribution in [0.15, 0.2) is 24.4 Å². The highest BCUT2D eigenvalue weighted by Crippen LogP contribution is 2.28. The number of benzene rings is 1. The van der Waals surface area contributed by atoms with E-state index in [-0.39, 0.29) is 30.0 Å². The van der Waals surface area contributed by atoms with Gasteiger partial charge in [0.2, 0.25) is 0 Å². The maximum absolute atomic E-state index is 12.6. The SMILES string of the molecule is CCOCCOc1ccc(Cl)cc1NC(=O)c1cn(C2CCNCC2)nn1.Cl. The van der Waals surface area contributed by atoms with E-state index in [1.54, 1.807) is 29.1 Å². The Hall–Kier alpha value is -1.87. The molecule has 0 spiro atoms. The van der Waals surface area contributed by atoms with E-state index in [0.717, 1.165) is 25.9 Å². The third-order valence-electron chi connectivity index (χ3n) is 4.30. The summed E-state index contributed by atoms with van der Waals surface area (Å²) in [6.07, 6.45) is 3.62. The second-order valence-corrected chi connectivity index (χ2v) is 6.64. The van der Waals surface area contributed by atoms with Crippen molar-refractivity contribution in [2.45, 2.75) is 25.8 Å². The Balaban J connectivity index is 0.00000280. The molecule has 0 unspecified atom stereocenters. The van der Waals surface area contributed by atoms with E-state index < -0.39 is 0 Å². The van der Waals surface area contributed by atoms with Gasteiger partial charge in [-0.2, -0.15) is 0 Å². The number of carbonyl (C=O) groups excluding carboxylic acids is 1. The number of halogens is 2. The third kappa shape index (κ3) is 6.07. The van der Waals surface area contributed by atoms with Crippen LogP contribution in [-0.2, 0) is 4.74 Å². The largest absolute Gasteiger partial charge is 0.489 e. The zero-order valence-electron chi connectivity index (χ0n) is 15.7. The Morgan fingerprint density at radius 2 is 2.14 bits per heavy atom. The van der Waals surface area contributed by atoms with E-state index in [1.807, 2.05) is 6.92 Å². The fourth-order valence-electron chi connectivity index (χ4n) is 2.90. The van der Waals surface area contributed by atoms with Crippen LogP contribution >= 0.6 is 24.0 Å². The van der Waals surface area contributed by atoms with E-state index in [2.05, 4.69) is 20.9 Å². The molecular formula is C18H25Cl2N5O3. The summed E-state index contributed by atoms with van der Waals surface area (Å²) in [5.41, 5.74) is 0.745. The molecular weight excluding hydrogens is 405 g/mol. The molecule has 0 aliphatic carbocycles. The molecule has 0 radical (unpaired) electrons. The number of hydrogen-bond donors (Lipinski definition) is 2. The molecule has 0 saturated carbocycles. The van der Waals surface area contributed by atoms with E-state index in [4.69, 9.17) is 21.1 Å². The smallest absolute Gasteiger partial charge is 0.277 e. The number of aromatic nitrogens is 3. The minimum absolute atomic E-state index is 0. The van der Waals surface area contributed by atoms with Gasteiger partial charge in [-0.25, -0.2) is 4.68 Å².